The van der Waals surface area contributed by atoms with Gasteiger partial charge >= 0.3 is 6.61 Å². The molecule has 3 aromatic rings. The van der Waals surface area contributed by atoms with Gasteiger partial charge in [-0.15, -0.1) is 0 Å². The Bertz CT molecular complexity index is 1250. The van der Waals surface area contributed by atoms with Crippen molar-refractivity contribution in [2.24, 2.45) is 11.7 Å². The van der Waals surface area contributed by atoms with E-state index < -0.39 is 24.2 Å². The molecule has 1 heterocycles. The first-order valence-corrected chi connectivity index (χ1v) is 11.2. The van der Waals surface area contributed by atoms with Gasteiger partial charge in [0.15, 0.2) is 23.0 Å². The molecule has 0 bridgehead atoms. The smallest absolute Gasteiger partial charge is 0.387 e. The topological polar surface area (TPSA) is 149 Å². The second kappa shape index (κ2) is 13.4. The van der Waals surface area contributed by atoms with Crippen molar-refractivity contribution in [2.45, 2.75) is 32.5 Å². The summed E-state index contributed by atoms with van der Waals surface area (Å²) in [7, 11) is 0. The number of hydrogen-bond acceptors (Lipinski definition) is 8. The number of nitrogens with one attached hydrogen (secondary N) is 2. The third kappa shape index (κ3) is 7.91. The monoisotopic (exact) mass is 540 g/mol. The maximum atomic E-state index is 13.8. The first-order chi connectivity index (χ1) is 18.2. The van der Waals surface area contributed by atoms with Crippen molar-refractivity contribution in [1.82, 2.24) is 15.8 Å². The molecule has 10 nitrogen and oxygen atoms in total. The van der Waals surface area contributed by atoms with Crippen LogP contribution in [0.4, 0.5) is 17.6 Å². The summed E-state index contributed by atoms with van der Waals surface area (Å²) in [5, 5.41) is 9.75. The molecule has 38 heavy (non-hydrogen) atoms. The van der Waals surface area contributed by atoms with Crippen LogP contribution in [0, 0.1) is 17.6 Å². The van der Waals surface area contributed by atoms with Crippen molar-refractivity contribution in [1.29, 1.82) is 0 Å². The van der Waals surface area contributed by atoms with Gasteiger partial charge in [0.1, 0.15) is 11.6 Å². The lowest BCUT2D eigenvalue weighted by Crippen LogP contribution is -2.25. The second-order valence-electron chi connectivity index (χ2n) is 7.95. The number of alkyl halides is 2. The summed E-state index contributed by atoms with van der Waals surface area (Å²) < 4.78 is 68.2. The number of carbonyl (C=O) groups excluding carboxylic acids is 2. The van der Waals surface area contributed by atoms with E-state index in [-0.39, 0.29) is 53.9 Å². The van der Waals surface area contributed by atoms with Gasteiger partial charge in [-0.1, -0.05) is 6.07 Å². The summed E-state index contributed by atoms with van der Waals surface area (Å²) >= 11 is 0. The zero-order chi connectivity index (χ0) is 27.7. The third-order valence-electron chi connectivity index (χ3n) is 5.18. The van der Waals surface area contributed by atoms with Crippen LogP contribution < -0.4 is 26.0 Å². The lowest BCUT2D eigenvalue weighted by atomic mass is 10.2. The predicted molar refractivity (Wildman–Crippen MR) is 123 cm³/mol. The van der Waals surface area contributed by atoms with E-state index in [1.54, 1.807) is 0 Å². The Kier molecular flexibility index (Phi) is 10.0. The number of nitrogens with two attached hydrogens (primary N) is 1. The Morgan fingerprint density at radius 1 is 1.21 bits per heavy atom. The van der Waals surface area contributed by atoms with Crippen LogP contribution in [0.15, 0.2) is 40.8 Å². The summed E-state index contributed by atoms with van der Waals surface area (Å²) in [6, 6.07) is 7.17. The Morgan fingerprint density at radius 2 is 1.95 bits per heavy atom. The predicted octanol–water partition coefficient (Wildman–Crippen LogP) is 3.52. The van der Waals surface area contributed by atoms with Crippen molar-refractivity contribution < 1.29 is 46.2 Å². The number of carbonyl (C=O) groups is 2. The van der Waals surface area contributed by atoms with Gasteiger partial charge in [0.2, 0.25) is 12.3 Å². The van der Waals surface area contributed by atoms with E-state index >= 15 is 0 Å². The van der Waals surface area contributed by atoms with Crippen molar-refractivity contribution >= 4 is 12.3 Å². The molecule has 1 fully saturated rings. The van der Waals surface area contributed by atoms with Crippen molar-refractivity contribution in [3.63, 3.8) is 0 Å². The van der Waals surface area contributed by atoms with Crippen LogP contribution in [0.2, 0.25) is 0 Å². The van der Waals surface area contributed by atoms with Crippen LogP contribution in [0.1, 0.15) is 34.7 Å². The van der Waals surface area contributed by atoms with Gasteiger partial charge in [0.05, 0.1) is 13.2 Å². The fourth-order valence-corrected chi connectivity index (χ4v) is 3.15. The molecule has 2 amide bonds. The highest BCUT2D eigenvalue weighted by Crippen LogP contribution is 2.36. The zero-order valence-electron chi connectivity index (χ0n) is 19.8. The maximum Gasteiger partial charge on any atom is 0.387 e. The molecule has 2 aromatic carbocycles. The zero-order valence-corrected chi connectivity index (χ0v) is 19.8. The average molecular weight is 540 g/mol. The molecule has 0 saturated heterocycles. The summed E-state index contributed by atoms with van der Waals surface area (Å²) in [6.07, 6.45) is 2.19. The molecule has 1 aliphatic carbocycles. The lowest BCUT2D eigenvalue weighted by molar-refractivity contribution is -0.116. The average Bonchev–Trinajstić information content (AvgIpc) is 3.63. The van der Waals surface area contributed by atoms with Crippen LogP contribution in [0.3, 0.4) is 0 Å². The molecule has 14 heteroatoms. The van der Waals surface area contributed by atoms with Gasteiger partial charge in [0.25, 0.3) is 5.91 Å². The number of halogens is 4. The second-order valence-corrected chi connectivity index (χ2v) is 7.95. The third-order valence-corrected chi connectivity index (χ3v) is 5.18. The van der Waals surface area contributed by atoms with Crippen LogP contribution in [0.25, 0.3) is 11.5 Å². The number of hydroxylamine groups is 1. The molecule has 1 aromatic heterocycles. The lowest BCUT2D eigenvalue weighted by Gasteiger charge is -2.12. The number of benzene rings is 2. The molecule has 0 aliphatic heterocycles. The van der Waals surface area contributed by atoms with Crippen LogP contribution in [-0.4, -0.2) is 35.7 Å². The van der Waals surface area contributed by atoms with E-state index in [4.69, 9.17) is 24.9 Å². The van der Waals surface area contributed by atoms with E-state index in [0.29, 0.717) is 24.2 Å². The fourth-order valence-electron chi connectivity index (χ4n) is 3.15. The molecule has 0 radical (unpaired) electrons. The number of aromatic nitrogens is 1. The molecule has 204 valence electrons. The molecular weight excluding hydrogens is 516 g/mol. The minimum absolute atomic E-state index is 0.0124. The minimum Gasteiger partial charge on any atom is -0.489 e. The molecule has 0 atom stereocenters. The highest BCUT2D eigenvalue weighted by atomic mass is 19.3. The Morgan fingerprint density at radius 3 is 2.55 bits per heavy atom. The standard InChI is InChI=1S/C23H21F4N3O4.CH3NO2/c24-15-5-3-14(16(25)8-15)10-29-21(31)20-19(9-28)33-22(30-20)13-4-6-17(34-23(26)27)18(7-13)32-11-12-1-2-12;3-1-2-4/h3-8,12,23H,1-2,9-11,28H2,(H,29,31);1,4H,(H,2,3). The highest BCUT2D eigenvalue weighted by Gasteiger charge is 2.25. The number of rotatable bonds is 11. The fraction of sp³-hybridized carbons (Fsp3) is 0.292. The summed E-state index contributed by atoms with van der Waals surface area (Å²) in [5.74, 6) is -1.80. The molecule has 1 aliphatic rings. The molecule has 4 rings (SSSR count). The van der Waals surface area contributed by atoms with E-state index in [9.17, 15) is 22.4 Å². The first kappa shape index (κ1) is 28.4. The Labute approximate surface area is 213 Å². The Hall–Kier alpha value is -4.17. The van der Waals surface area contributed by atoms with Gasteiger partial charge in [-0.2, -0.15) is 8.78 Å². The van der Waals surface area contributed by atoms with Crippen molar-refractivity contribution in [3.8, 4) is 23.0 Å². The number of amides is 2. The van der Waals surface area contributed by atoms with Crippen molar-refractivity contribution in [3.05, 3.63) is 65.1 Å². The molecular formula is C24H24F4N4O6. The van der Waals surface area contributed by atoms with Gasteiger partial charge in [-0.05, 0) is 43.0 Å². The van der Waals surface area contributed by atoms with E-state index in [0.717, 1.165) is 18.9 Å². The number of hydrogen-bond donors (Lipinski definition) is 4. The maximum absolute atomic E-state index is 13.8. The van der Waals surface area contributed by atoms with Crippen LogP contribution >= 0.6 is 0 Å². The van der Waals surface area contributed by atoms with Gasteiger partial charge < -0.3 is 24.9 Å². The number of oxazole rings is 1. The quantitative estimate of drug-likeness (QED) is 0.125. The van der Waals surface area contributed by atoms with Gasteiger partial charge in [0, 0.05) is 23.7 Å². The molecule has 0 unspecified atom stereocenters. The minimum atomic E-state index is -3.03. The first-order valence-electron chi connectivity index (χ1n) is 11.2. The summed E-state index contributed by atoms with van der Waals surface area (Å²) in [4.78, 5) is 25.6. The van der Waals surface area contributed by atoms with Crippen LogP contribution in [0.5, 0.6) is 11.5 Å². The van der Waals surface area contributed by atoms with Gasteiger partial charge in [-0.25, -0.2) is 19.2 Å². The van der Waals surface area contributed by atoms with E-state index in [1.807, 2.05) is 0 Å². The largest absolute Gasteiger partial charge is 0.489 e. The molecule has 1 saturated carbocycles. The van der Waals surface area contributed by atoms with E-state index in [2.05, 4.69) is 15.0 Å². The normalized spacial score (nSPS) is 12.4. The summed E-state index contributed by atoms with van der Waals surface area (Å²) in [6.45, 7) is -3.04. The van der Waals surface area contributed by atoms with Gasteiger partial charge in [-0.3, -0.25) is 14.8 Å². The SMILES string of the molecule is NCc1oc(-c2ccc(OC(F)F)c(OCC3CC3)c2)nc1C(=O)NCc1ccc(F)cc1F.O=CNO. The molecule has 5 N–H and O–H groups in total. The van der Waals surface area contributed by atoms with Crippen molar-refractivity contribution in [2.75, 3.05) is 6.61 Å². The van der Waals surface area contributed by atoms with Crippen LogP contribution in [-0.2, 0) is 17.9 Å². The number of ether oxygens (including phenoxy) is 2. The summed E-state index contributed by atoms with van der Waals surface area (Å²) in [5.41, 5.74) is 7.25. The Balaban J connectivity index is 0.000000934. The number of nitrogens with zero attached hydrogens (tertiary/aromatic N) is 1. The van der Waals surface area contributed by atoms with E-state index in [1.165, 1.54) is 29.7 Å². The molecule has 0 spiro atoms. The highest BCUT2D eigenvalue weighted by molar-refractivity contribution is 5.93.